The molecule has 0 heteroatoms. The minimum atomic E-state index is 0.320. The number of fused-ring (bicyclic) bond motifs is 5. The first kappa shape index (κ1) is 18.5. The molecule has 2 aliphatic carbocycles. The van der Waals surface area contributed by atoms with E-state index < -0.39 is 0 Å². The molecule has 0 fully saturated rings. The fourth-order valence-corrected chi connectivity index (χ4v) is 5.42. The van der Waals surface area contributed by atoms with Gasteiger partial charge in [-0.2, -0.15) is 0 Å². The van der Waals surface area contributed by atoms with E-state index in [9.17, 15) is 0 Å². The van der Waals surface area contributed by atoms with Crippen LogP contribution in [0.25, 0.3) is 16.3 Å². The molecular weight excluding hydrogens is 324 g/mol. The third kappa shape index (κ3) is 3.08. The van der Waals surface area contributed by atoms with Crippen LogP contribution in [0.3, 0.4) is 0 Å². The van der Waals surface area contributed by atoms with Crippen molar-refractivity contribution in [1.29, 1.82) is 0 Å². The number of benzene rings is 2. The Morgan fingerprint density at radius 3 is 2.56 bits per heavy atom. The zero-order valence-corrected chi connectivity index (χ0v) is 17.6. The summed E-state index contributed by atoms with van der Waals surface area (Å²) in [6.07, 6.45) is 11.2. The zero-order chi connectivity index (χ0) is 19.2. The Balaban J connectivity index is 1.65. The van der Waals surface area contributed by atoms with Gasteiger partial charge in [-0.1, -0.05) is 89.2 Å². The van der Waals surface area contributed by atoms with Gasteiger partial charge in [0.15, 0.2) is 0 Å². The Hall–Kier alpha value is -1.82. The van der Waals surface area contributed by atoms with E-state index >= 15 is 0 Å². The third-order valence-electron chi connectivity index (χ3n) is 7.64. The molecule has 4 rings (SSSR count). The number of rotatable bonds is 4. The van der Waals surface area contributed by atoms with Gasteiger partial charge in [-0.3, -0.25) is 0 Å². The molecule has 0 nitrogen and oxygen atoms in total. The second kappa shape index (κ2) is 6.97. The Labute approximate surface area is 165 Å². The standard InChI is InChI=1S/C27H34/c1-18(2)19(3)10-11-20(4)25-14-15-26-24-13-12-21-8-6-7-9-22(21)23(24)16-17-27(25,26)5/h6-13,15,18-20,25H,14,16-17H2,1-5H3/b11-10+/t19-,20?,25+,27+/m0/s1. The molecule has 0 aromatic heterocycles. The maximum absolute atomic E-state index is 2.56. The summed E-state index contributed by atoms with van der Waals surface area (Å²) in [7, 11) is 0. The molecule has 4 atom stereocenters. The van der Waals surface area contributed by atoms with Crippen LogP contribution < -0.4 is 0 Å². The molecule has 142 valence electrons. The molecule has 0 bridgehead atoms. The Kier molecular flexibility index (Phi) is 4.78. The van der Waals surface area contributed by atoms with Crippen molar-refractivity contribution in [2.45, 2.75) is 53.9 Å². The van der Waals surface area contributed by atoms with Gasteiger partial charge < -0.3 is 0 Å². The van der Waals surface area contributed by atoms with E-state index in [0.29, 0.717) is 17.3 Å². The summed E-state index contributed by atoms with van der Waals surface area (Å²) in [5, 5.41) is 2.84. The van der Waals surface area contributed by atoms with Gasteiger partial charge in [0.1, 0.15) is 0 Å². The van der Waals surface area contributed by atoms with Gasteiger partial charge in [-0.25, -0.2) is 0 Å². The molecule has 27 heavy (non-hydrogen) atoms. The maximum Gasteiger partial charge on any atom is -0.00325 e. The number of allylic oxidation sites excluding steroid dienone is 4. The van der Waals surface area contributed by atoms with Gasteiger partial charge in [0, 0.05) is 0 Å². The van der Waals surface area contributed by atoms with E-state index in [2.05, 4.69) is 89.2 Å². The van der Waals surface area contributed by atoms with Crippen molar-refractivity contribution in [1.82, 2.24) is 0 Å². The summed E-state index contributed by atoms with van der Waals surface area (Å²) >= 11 is 0. The molecule has 0 saturated heterocycles. The lowest BCUT2D eigenvalue weighted by Gasteiger charge is -2.42. The third-order valence-corrected chi connectivity index (χ3v) is 7.64. The lowest BCUT2D eigenvalue weighted by atomic mass is 9.62. The largest absolute Gasteiger partial charge is 0.0852 e. The van der Waals surface area contributed by atoms with Gasteiger partial charge in [0.05, 0.1) is 0 Å². The fraction of sp³-hybridized carbons (Fsp3) is 0.481. The van der Waals surface area contributed by atoms with E-state index in [4.69, 9.17) is 0 Å². The monoisotopic (exact) mass is 358 g/mol. The van der Waals surface area contributed by atoms with Gasteiger partial charge in [-0.15, -0.1) is 0 Å². The highest BCUT2D eigenvalue weighted by molar-refractivity contribution is 5.92. The fourth-order valence-electron chi connectivity index (χ4n) is 5.42. The number of hydrogen-bond acceptors (Lipinski definition) is 0. The SMILES string of the molecule is CC(/C=C/[C@H](C)C(C)C)[C@H]1CC=C2c3ccc4ccccc4c3CC[C@@]21C. The molecule has 0 radical (unpaired) electrons. The lowest BCUT2D eigenvalue weighted by molar-refractivity contribution is 0.217. The van der Waals surface area contributed by atoms with Crippen LogP contribution in [0.15, 0.2) is 54.6 Å². The van der Waals surface area contributed by atoms with Crippen LogP contribution in [0.4, 0.5) is 0 Å². The van der Waals surface area contributed by atoms with Crippen LogP contribution in [0, 0.1) is 29.1 Å². The Morgan fingerprint density at radius 2 is 1.78 bits per heavy atom. The predicted molar refractivity (Wildman–Crippen MR) is 119 cm³/mol. The summed E-state index contributed by atoms with van der Waals surface area (Å²) in [6, 6.07) is 13.6. The van der Waals surface area contributed by atoms with Gasteiger partial charge in [0.25, 0.3) is 0 Å². The van der Waals surface area contributed by atoms with Crippen molar-refractivity contribution in [2.75, 3.05) is 0 Å². The van der Waals surface area contributed by atoms with E-state index in [1.54, 1.807) is 11.1 Å². The molecule has 0 heterocycles. The van der Waals surface area contributed by atoms with Crippen molar-refractivity contribution < 1.29 is 0 Å². The van der Waals surface area contributed by atoms with Crippen molar-refractivity contribution in [2.24, 2.45) is 29.1 Å². The molecular formula is C27H34. The molecule has 0 saturated carbocycles. The first-order chi connectivity index (χ1) is 12.9. The van der Waals surface area contributed by atoms with E-state index in [1.165, 1.54) is 35.6 Å². The van der Waals surface area contributed by atoms with Crippen molar-refractivity contribution in [3.05, 3.63) is 65.8 Å². The van der Waals surface area contributed by atoms with Gasteiger partial charge >= 0.3 is 0 Å². The molecule has 0 spiro atoms. The zero-order valence-electron chi connectivity index (χ0n) is 17.6. The van der Waals surface area contributed by atoms with Crippen molar-refractivity contribution in [3.63, 3.8) is 0 Å². The van der Waals surface area contributed by atoms with Crippen LogP contribution in [0.5, 0.6) is 0 Å². The summed E-state index contributed by atoms with van der Waals surface area (Å²) in [5.41, 5.74) is 5.04. The highest BCUT2D eigenvalue weighted by Gasteiger charge is 2.46. The maximum atomic E-state index is 2.56. The Bertz CT molecular complexity index is 897. The van der Waals surface area contributed by atoms with Crippen LogP contribution in [-0.4, -0.2) is 0 Å². The molecule has 0 aliphatic heterocycles. The first-order valence-corrected chi connectivity index (χ1v) is 10.8. The topological polar surface area (TPSA) is 0 Å². The summed E-state index contributed by atoms with van der Waals surface area (Å²) < 4.78 is 0. The smallest absolute Gasteiger partial charge is 0.00325 e. The minimum Gasteiger partial charge on any atom is -0.0852 e. The number of hydrogen-bond donors (Lipinski definition) is 0. The highest BCUT2D eigenvalue weighted by atomic mass is 14.5. The van der Waals surface area contributed by atoms with E-state index in [0.717, 1.165) is 11.8 Å². The molecule has 0 N–H and O–H groups in total. The summed E-state index contributed by atoms with van der Waals surface area (Å²) in [5.74, 6) is 2.73. The predicted octanol–water partition coefficient (Wildman–Crippen LogP) is 7.68. The molecule has 2 aromatic carbocycles. The highest BCUT2D eigenvalue weighted by Crippen LogP contribution is 2.58. The second-order valence-corrected chi connectivity index (χ2v) is 9.54. The van der Waals surface area contributed by atoms with E-state index in [-0.39, 0.29) is 0 Å². The second-order valence-electron chi connectivity index (χ2n) is 9.54. The van der Waals surface area contributed by atoms with Crippen molar-refractivity contribution in [3.8, 4) is 0 Å². The Morgan fingerprint density at radius 1 is 1.00 bits per heavy atom. The van der Waals surface area contributed by atoms with Crippen LogP contribution in [-0.2, 0) is 6.42 Å². The first-order valence-electron chi connectivity index (χ1n) is 10.8. The summed E-state index contributed by atoms with van der Waals surface area (Å²) in [4.78, 5) is 0. The van der Waals surface area contributed by atoms with Crippen LogP contribution >= 0.6 is 0 Å². The van der Waals surface area contributed by atoms with Crippen LogP contribution in [0.1, 0.15) is 58.6 Å². The molecule has 1 unspecified atom stereocenters. The average Bonchev–Trinajstić information content (AvgIpc) is 3.02. The van der Waals surface area contributed by atoms with Crippen molar-refractivity contribution >= 4 is 16.3 Å². The van der Waals surface area contributed by atoms with Gasteiger partial charge in [0.2, 0.25) is 0 Å². The lowest BCUT2D eigenvalue weighted by Crippen LogP contribution is -2.32. The summed E-state index contributed by atoms with van der Waals surface area (Å²) in [6.45, 7) is 11.9. The minimum absolute atomic E-state index is 0.320. The van der Waals surface area contributed by atoms with E-state index in [1.807, 2.05) is 0 Å². The van der Waals surface area contributed by atoms with Gasteiger partial charge in [-0.05, 0) is 75.8 Å². The molecule has 2 aliphatic rings. The molecule has 2 aromatic rings. The quantitative estimate of drug-likeness (QED) is 0.492. The number of aryl methyl sites for hydroxylation is 1. The normalized spacial score (nSPS) is 26.9. The average molecular weight is 359 g/mol. The molecule has 0 amide bonds. The van der Waals surface area contributed by atoms with Crippen LogP contribution in [0.2, 0.25) is 0 Å².